The molecule has 0 unspecified atom stereocenters. The van der Waals surface area contributed by atoms with Crippen molar-refractivity contribution in [3.05, 3.63) is 67.1 Å². The Hall–Kier alpha value is -3.50. The fourth-order valence-corrected chi connectivity index (χ4v) is 9.81. The minimum atomic E-state index is -1.90. The van der Waals surface area contributed by atoms with Crippen molar-refractivity contribution in [3.63, 3.8) is 0 Å². The van der Waals surface area contributed by atoms with Crippen molar-refractivity contribution in [3.8, 4) is 11.1 Å². The Morgan fingerprint density at radius 1 is 0.742 bits per heavy atom. The smallest absolute Gasteiger partial charge is 0.134 e. The van der Waals surface area contributed by atoms with Crippen molar-refractivity contribution in [2.75, 3.05) is 0 Å². The van der Waals surface area contributed by atoms with Gasteiger partial charge in [0, 0.05) is 45.0 Å². The summed E-state index contributed by atoms with van der Waals surface area (Å²) in [6.45, 7) is 4.99. The number of fused-ring (bicyclic) bond motifs is 8. The lowest BCUT2D eigenvalue weighted by molar-refractivity contribution is 0.571. The average Bonchev–Trinajstić information content (AvgIpc) is 3.49. The molecule has 7 aromatic rings. The largest absolute Gasteiger partial charge is 0.470 e. The van der Waals surface area contributed by atoms with Gasteiger partial charge in [-0.05, 0) is 28.3 Å². The molecule has 0 aliphatic carbocycles. The third kappa shape index (κ3) is 1.57. The van der Waals surface area contributed by atoms with Crippen molar-refractivity contribution in [2.24, 2.45) is 7.05 Å². The zero-order valence-electron chi connectivity index (χ0n) is 17.7. The molecule has 0 spiro atoms. The normalized spacial score (nSPS) is 15.2. The molecule has 1 aliphatic rings. The van der Waals surface area contributed by atoms with Gasteiger partial charge in [0.05, 0.1) is 16.6 Å². The predicted octanol–water partition coefficient (Wildman–Crippen LogP) is 5.72. The molecule has 148 valence electrons. The highest BCUT2D eigenvalue weighted by molar-refractivity contribution is 7.03. The number of benzene rings is 3. The topological polar surface area (TPSA) is 22.5 Å². The molecule has 1 aliphatic heterocycles. The maximum Gasteiger partial charge on any atom is 0.134 e. The predicted molar refractivity (Wildman–Crippen MR) is 132 cm³/mol. The second kappa shape index (κ2) is 4.87. The molecule has 4 aromatic heterocycles. The van der Waals surface area contributed by atoms with Crippen LogP contribution >= 0.6 is 0 Å². The average molecular weight is 417 g/mol. The zero-order chi connectivity index (χ0) is 20.6. The highest BCUT2D eigenvalue weighted by Gasteiger charge is 2.42. The van der Waals surface area contributed by atoms with Gasteiger partial charge in [0.25, 0.3) is 0 Å². The number of rotatable bonds is 0. The summed E-state index contributed by atoms with van der Waals surface area (Å²) < 4.78 is 10.8. The number of furan rings is 1. The lowest BCUT2D eigenvalue weighted by atomic mass is 10.0. The number of aromatic nitrogens is 2. The van der Waals surface area contributed by atoms with Crippen molar-refractivity contribution in [2.45, 2.75) is 13.1 Å². The Morgan fingerprint density at radius 2 is 1.58 bits per heavy atom. The Labute approximate surface area is 179 Å². The first-order valence-electron chi connectivity index (χ1n) is 10.8. The maximum absolute atomic E-state index is 5.87. The summed E-state index contributed by atoms with van der Waals surface area (Å²) in [7, 11) is 0.291. The van der Waals surface area contributed by atoms with E-state index >= 15 is 0 Å². The Morgan fingerprint density at radius 3 is 2.48 bits per heavy atom. The molecular weight excluding hydrogens is 396 g/mol. The second-order valence-corrected chi connectivity index (χ2v) is 13.8. The standard InChI is InChI=1S/C27H20N2OSi/c1-28-19-9-6-8-15-18-13-30-14-21(18)29-26-17(11-12-20(28)25(26)24(15)19)23-16-7-4-5-10-22(16)31(2,3)27(23)29/h4-14H,1-3H3. The Bertz CT molecular complexity index is 1880. The number of nitrogens with zero attached hydrogens (tertiary/aromatic N) is 2. The Kier molecular flexibility index (Phi) is 2.55. The van der Waals surface area contributed by atoms with Crippen LogP contribution in [0.5, 0.6) is 0 Å². The van der Waals surface area contributed by atoms with Gasteiger partial charge >= 0.3 is 0 Å². The molecule has 3 aromatic carbocycles. The third-order valence-electron chi connectivity index (χ3n) is 7.76. The van der Waals surface area contributed by atoms with E-state index in [1.165, 1.54) is 70.6 Å². The van der Waals surface area contributed by atoms with Crippen LogP contribution in [0.4, 0.5) is 0 Å². The van der Waals surface area contributed by atoms with Gasteiger partial charge in [0.2, 0.25) is 0 Å². The number of hydrogen-bond donors (Lipinski definition) is 0. The van der Waals surface area contributed by atoms with Crippen molar-refractivity contribution in [1.82, 2.24) is 8.97 Å². The molecular formula is C27H20N2OSi. The number of hydrogen-bond acceptors (Lipinski definition) is 1. The second-order valence-electron chi connectivity index (χ2n) is 9.51. The first-order chi connectivity index (χ1) is 15.1. The molecule has 3 nitrogen and oxygen atoms in total. The molecule has 4 heteroatoms. The van der Waals surface area contributed by atoms with Crippen molar-refractivity contribution >= 4 is 67.6 Å². The van der Waals surface area contributed by atoms with E-state index in [4.69, 9.17) is 4.42 Å². The molecule has 0 atom stereocenters. The maximum atomic E-state index is 5.87. The van der Waals surface area contributed by atoms with E-state index in [0.717, 1.165) is 0 Å². The van der Waals surface area contributed by atoms with E-state index in [1.54, 1.807) is 0 Å². The summed E-state index contributed by atoms with van der Waals surface area (Å²) in [5.74, 6) is 0. The highest BCUT2D eigenvalue weighted by Crippen LogP contribution is 2.45. The molecule has 0 amide bonds. The first kappa shape index (κ1) is 16.2. The molecule has 0 fully saturated rings. The van der Waals surface area contributed by atoms with Crippen LogP contribution in [0.15, 0.2) is 71.5 Å². The van der Waals surface area contributed by atoms with Gasteiger partial charge in [-0.1, -0.05) is 55.6 Å². The van der Waals surface area contributed by atoms with E-state index in [1.807, 2.05) is 12.5 Å². The molecule has 8 rings (SSSR count). The van der Waals surface area contributed by atoms with E-state index in [0.29, 0.717) is 0 Å². The molecule has 0 saturated heterocycles. The van der Waals surface area contributed by atoms with Gasteiger partial charge in [0.15, 0.2) is 0 Å². The van der Waals surface area contributed by atoms with Gasteiger partial charge < -0.3 is 13.4 Å². The number of aryl methyl sites for hydroxylation is 1. The zero-order valence-corrected chi connectivity index (χ0v) is 18.7. The SMILES string of the molecule is Cn1c2cccc3c4cocc4n4c5c(c6ccc1c(c32)c64)-c1ccccc1[Si]5(C)C. The van der Waals surface area contributed by atoms with Crippen LogP contribution in [0.1, 0.15) is 0 Å². The summed E-state index contributed by atoms with van der Waals surface area (Å²) in [6.07, 6.45) is 3.88. The summed E-state index contributed by atoms with van der Waals surface area (Å²) in [4.78, 5) is 0. The third-order valence-corrected chi connectivity index (χ3v) is 11.2. The molecule has 31 heavy (non-hydrogen) atoms. The minimum absolute atomic E-state index is 1.18. The highest BCUT2D eigenvalue weighted by atomic mass is 28.3. The van der Waals surface area contributed by atoms with Crippen molar-refractivity contribution in [1.29, 1.82) is 0 Å². The van der Waals surface area contributed by atoms with E-state index in [2.05, 4.69) is 83.7 Å². The van der Waals surface area contributed by atoms with Crippen LogP contribution in [0.3, 0.4) is 0 Å². The van der Waals surface area contributed by atoms with Gasteiger partial charge in [-0.15, -0.1) is 0 Å². The Balaban J connectivity index is 1.83. The van der Waals surface area contributed by atoms with Crippen LogP contribution in [0.2, 0.25) is 13.1 Å². The van der Waals surface area contributed by atoms with Crippen LogP contribution in [0.25, 0.3) is 60.1 Å². The summed E-state index contributed by atoms with van der Waals surface area (Å²) in [5.41, 5.74) is 7.95. The molecule has 0 saturated carbocycles. The van der Waals surface area contributed by atoms with Gasteiger partial charge in [0.1, 0.15) is 20.6 Å². The van der Waals surface area contributed by atoms with Crippen LogP contribution in [0, 0.1) is 0 Å². The summed E-state index contributed by atoms with van der Waals surface area (Å²) in [5, 5.41) is 9.58. The fraction of sp³-hybridized carbons (Fsp3) is 0.111. The van der Waals surface area contributed by atoms with Gasteiger partial charge in [-0.2, -0.15) is 0 Å². The van der Waals surface area contributed by atoms with E-state index < -0.39 is 8.07 Å². The van der Waals surface area contributed by atoms with E-state index in [9.17, 15) is 0 Å². The molecule has 0 N–H and O–H groups in total. The monoisotopic (exact) mass is 416 g/mol. The lowest BCUT2D eigenvalue weighted by Gasteiger charge is -2.19. The summed E-state index contributed by atoms with van der Waals surface area (Å²) in [6, 6.07) is 20.4. The van der Waals surface area contributed by atoms with Gasteiger partial charge in [-0.3, -0.25) is 0 Å². The van der Waals surface area contributed by atoms with E-state index in [-0.39, 0.29) is 0 Å². The van der Waals surface area contributed by atoms with Crippen LogP contribution in [-0.4, -0.2) is 17.0 Å². The first-order valence-corrected chi connectivity index (χ1v) is 13.8. The minimum Gasteiger partial charge on any atom is -0.470 e. The van der Waals surface area contributed by atoms with Crippen LogP contribution in [-0.2, 0) is 7.05 Å². The molecule has 0 bridgehead atoms. The van der Waals surface area contributed by atoms with Crippen molar-refractivity contribution < 1.29 is 4.42 Å². The molecule has 0 radical (unpaired) electrons. The molecule has 5 heterocycles. The van der Waals surface area contributed by atoms with Crippen LogP contribution < -0.4 is 10.5 Å². The summed E-state index contributed by atoms with van der Waals surface area (Å²) >= 11 is 0. The lowest BCUT2D eigenvalue weighted by Crippen LogP contribution is -2.51. The quantitative estimate of drug-likeness (QED) is 0.290. The fourth-order valence-electron chi connectivity index (χ4n) is 6.47. The van der Waals surface area contributed by atoms with Gasteiger partial charge in [-0.25, -0.2) is 0 Å².